The van der Waals surface area contributed by atoms with Crippen LogP contribution in [0.25, 0.3) is 0 Å². The van der Waals surface area contributed by atoms with Gasteiger partial charge in [-0.15, -0.1) is 12.4 Å². The third kappa shape index (κ3) is 3.72. The van der Waals surface area contributed by atoms with Crippen molar-refractivity contribution in [3.05, 3.63) is 35.4 Å². The molecular weight excluding hydrogens is 238 g/mol. The number of aliphatic carboxylic acids is 1. The maximum Gasteiger partial charge on any atom is 0.328 e. The van der Waals surface area contributed by atoms with E-state index >= 15 is 0 Å². The first-order valence-electron chi connectivity index (χ1n) is 5.60. The Bertz CT molecular complexity index is 364. The minimum absolute atomic E-state index is 0. The molecular formula is C13H20ClNO2. The van der Waals surface area contributed by atoms with Gasteiger partial charge in [0.15, 0.2) is 0 Å². The van der Waals surface area contributed by atoms with E-state index in [9.17, 15) is 9.90 Å². The number of aryl methyl sites for hydroxylation is 1. The fraction of sp³-hybridized carbons (Fsp3) is 0.462. The van der Waals surface area contributed by atoms with E-state index in [0.717, 1.165) is 18.4 Å². The topological polar surface area (TPSA) is 63.3 Å². The van der Waals surface area contributed by atoms with Crippen molar-refractivity contribution in [1.29, 1.82) is 0 Å². The Balaban J connectivity index is 0.00000256. The number of benzene rings is 1. The fourth-order valence-electron chi connectivity index (χ4n) is 1.68. The SMILES string of the molecule is CCCCC(N)(C(=O)O)c1ccc(C)cc1.Cl. The third-order valence-electron chi connectivity index (χ3n) is 2.87. The molecule has 0 amide bonds. The van der Waals surface area contributed by atoms with Gasteiger partial charge < -0.3 is 10.8 Å². The number of halogens is 1. The van der Waals surface area contributed by atoms with Crippen molar-refractivity contribution in [2.75, 3.05) is 0 Å². The molecule has 0 aliphatic carbocycles. The second-order valence-corrected chi connectivity index (χ2v) is 4.25. The molecule has 0 saturated heterocycles. The number of hydrogen-bond donors (Lipinski definition) is 2. The molecule has 1 atom stereocenters. The first-order chi connectivity index (χ1) is 7.50. The number of hydrogen-bond acceptors (Lipinski definition) is 2. The Kier molecular flexibility index (Phi) is 6.21. The van der Waals surface area contributed by atoms with Gasteiger partial charge in [-0.2, -0.15) is 0 Å². The summed E-state index contributed by atoms with van der Waals surface area (Å²) in [6, 6.07) is 7.40. The summed E-state index contributed by atoms with van der Waals surface area (Å²) in [7, 11) is 0. The van der Waals surface area contributed by atoms with Crippen LogP contribution in [-0.2, 0) is 10.3 Å². The van der Waals surface area contributed by atoms with E-state index in [-0.39, 0.29) is 12.4 Å². The Morgan fingerprint density at radius 2 is 1.88 bits per heavy atom. The number of nitrogens with two attached hydrogens (primary N) is 1. The molecule has 3 nitrogen and oxygen atoms in total. The van der Waals surface area contributed by atoms with Crippen molar-refractivity contribution in [2.45, 2.75) is 38.6 Å². The van der Waals surface area contributed by atoms with Crippen LogP contribution in [0.5, 0.6) is 0 Å². The predicted molar refractivity (Wildman–Crippen MR) is 71.5 cm³/mol. The largest absolute Gasteiger partial charge is 0.480 e. The van der Waals surface area contributed by atoms with Crippen molar-refractivity contribution in [1.82, 2.24) is 0 Å². The van der Waals surface area contributed by atoms with Crippen molar-refractivity contribution in [2.24, 2.45) is 5.73 Å². The van der Waals surface area contributed by atoms with Crippen LogP contribution < -0.4 is 5.73 Å². The van der Waals surface area contributed by atoms with E-state index in [4.69, 9.17) is 5.73 Å². The van der Waals surface area contributed by atoms with Gasteiger partial charge in [0.05, 0.1) is 0 Å². The maximum atomic E-state index is 11.3. The van der Waals surface area contributed by atoms with E-state index in [1.54, 1.807) is 12.1 Å². The molecule has 3 N–H and O–H groups in total. The predicted octanol–water partition coefficient (Wildman–Crippen LogP) is 2.85. The normalized spacial score (nSPS) is 13.6. The zero-order valence-electron chi connectivity index (χ0n) is 10.3. The van der Waals surface area contributed by atoms with Gasteiger partial charge in [-0.1, -0.05) is 49.6 Å². The second kappa shape index (κ2) is 6.62. The maximum absolute atomic E-state index is 11.3. The van der Waals surface area contributed by atoms with Crippen LogP contribution in [0.15, 0.2) is 24.3 Å². The molecule has 0 aliphatic heterocycles. The van der Waals surface area contributed by atoms with Crippen molar-refractivity contribution in [3.8, 4) is 0 Å². The van der Waals surface area contributed by atoms with E-state index in [1.807, 2.05) is 26.0 Å². The Hall–Kier alpha value is -1.06. The number of rotatable bonds is 5. The van der Waals surface area contributed by atoms with Gasteiger partial charge >= 0.3 is 5.97 Å². The number of carboxylic acid groups (broad SMARTS) is 1. The van der Waals surface area contributed by atoms with Crippen LogP contribution in [0.2, 0.25) is 0 Å². The molecule has 96 valence electrons. The molecule has 1 rings (SSSR count). The van der Waals surface area contributed by atoms with Gasteiger partial charge in [-0.25, -0.2) is 4.79 Å². The lowest BCUT2D eigenvalue weighted by Gasteiger charge is -2.25. The quantitative estimate of drug-likeness (QED) is 0.853. The molecule has 1 unspecified atom stereocenters. The lowest BCUT2D eigenvalue weighted by atomic mass is 9.85. The fourth-order valence-corrected chi connectivity index (χ4v) is 1.68. The van der Waals surface area contributed by atoms with Gasteiger partial charge in [0.25, 0.3) is 0 Å². The smallest absolute Gasteiger partial charge is 0.328 e. The lowest BCUT2D eigenvalue weighted by molar-refractivity contribution is -0.144. The van der Waals surface area contributed by atoms with Gasteiger partial charge in [0.2, 0.25) is 0 Å². The average Bonchev–Trinajstić information content (AvgIpc) is 2.26. The Morgan fingerprint density at radius 1 is 1.35 bits per heavy atom. The third-order valence-corrected chi connectivity index (χ3v) is 2.87. The van der Waals surface area contributed by atoms with Crippen molar-refractivity contribution < 1.29 is 9.90 Å². The molecule has 0 aromatic heterocycles. The highest BCUT2D eigenvalue weighted by atomic mass is 35.5. The standard InChI is InChI=1S/C13H19NO2.ClH/c1-3-4-9-13(14,12(15)16)11-7-5-10(2)6-8-11;/h5-8H,3-4,9,14H2,1-2H3,(H,15,16);1H. The summed E-state index contributed by atoms with van der Waals surface area (Å²) in [5, 5.41) is 9.26. The Morgan fingerprint density at radius 3 is 2.29 bits per heavy atom. The highest BCUT2D eigenvalue weighted by Gasteiger charge is 2.34. The van der Waals surface area contributed by atoms with Gasteiger partial charge in [-0.3, -0.25) is 0 Å². The summed E-state index contributed by atoms with van der Waals surface area (Å²) in [6.45, 7) is 3.99. The summed E-state index contributed by atoms with van der Waals surface area (Å²) in [4.78, 5) is 11.3. The molecule has 0 heterocycles. The van der Waals surface area contributed by atoms with Crippen LogP contribution in [0, 0.1) is 6.92 Å². The summed E-state index contributed by atoms with van der Waals surface area (Å²) in [5.41, 5.74) is 6.54. The average molecular weight is 258 g/mol. The molecule has 0 fully saturated rings. The summed E-state index contributed by atoms with van der Waals surface area (Å²) in [6.07, 6.45) is 2.23. The molecule has 0 radical (unpaired) electrons. The number of carbonyl (C=O) groups is 1. The highest BCUT2D eigenvalue weighted by Crippen LogP contribution is 2.25. The van der Waals surface area contributed by atoms with Crippen molar-refractivity contribution in [3.63, 3.8) is 0 Å². The van der Waals surface area contributed by atoms with Crippen LogP contribution in [0.3, 0.4) is 0 Å². The zero-order valence-corrected chi connectivity index (χ0v) is 11.1. The molecule has 17 heavy (non-hydrogen) atoms. The molecule has 0 spiro atoms. The van der Waals surface area contributed by atoms with Crippen molar-refractivity contribution >= 4 is 18.4 Å². The summed E-state index contributed by atoms with van der Waals surface area (Å²) in [5.74, 6) is -0.954. The first kappa shape index (κ1) is 15.9. The minimum atomic E-state index is -1.25. The minimum Gasteiger partial charge on any atom is -0.480 e. The van der Waals surface area contributed by atoms with Crippen LogP contribution >= 0.6 is 12.4 Å². The number of unbranched alkanes of at least 4 members (excludes halogenated alkanes) is 1. The first-order valence-corrected chi connectivity index (χ1v) is 5.60. The van der Waals surface area contributed by atoms with Crippen LogP contribution in [-0.4, -0.2) is 11.1 Å². The highest BCUT2D eigenvalue weighted by molar-refractivity contribution is 5.85. The van der Waals surface area contributed by atoms with E-state index in [0.29, 0.717) is 12.0 Å². The molecule has 0 aliphatic rings. The summed E-state index contributed by atoms with van der Waals surface area (Å²) < 4.78 is 0. The zero-order chi connectivity index (χ0) is 12.2. The van der Waals surface area contributed by atoms with E-state index in [2.05, 4.69) is 0 Å². The molecule has 1 aromatic rings. The monoisotopic (exact) mass is 257 g/mol. The van der Waals surface area contributed by atoms with Gasteiger partial charge in [0.1, 0.15) is 5.54 Å². The van der Waals surface area contributed by atoms with Gasteiger partial charge in [0, 0.05) is 0 Å². The van der Waals surface area contributed by atoms with E-state index in [1.165, 1.54) is 0 Å². The van der Waals surface area contributed by atoms with Gasteiger partial charge in [-0.05, 0) is 18.9 Å². The molecule has 0 saturated carbocycles. The molecule has 1 aromatic carbocycles. The lowest BCUT2D eigenvalue weighted by Crippen LogP contribution is -2.44. The van der Waals surface area contributed by atoms with Crippen LogP contribution in [0.1, 0.15) is 37.3 Å². The second-order valence-electron chi connectivity index (χ2n) is 4.25. The molecule has 4 heteroatoms. The summed E-state index contributed by atoms with van der Waals surface area (Å²) >= 11 is 0. The Labute approximate surface area is 108 Å². The van der Waals surface area contributed by atoms with Crippen LogP contribution in [0.4, 0.5) is 0 Å². The number of carboxylic acids is 1. The van der Waals surface area contributed by atoms with E-state index < -0.39 is 11.5 Å². The molecule has 0 bridgehead atoms.